The molecule has 1 aromatic rings. The highest BCUT2D eigenvalue weighted by atomic mass is 16.1. The SMILES string of the molecule is CN1CCN(CCCNC(=O)[C@@H]2C[C@H]3CC[C@H]2C3)[C@H](c2ccccc2)C1. The summed E-state index contributed by atoms with van der Waals surface area (Å²) in [7, 11) is 2.21. The number of nitrogens with one attached hydrogen (secondary N) is 1. The number of hydrogen-bond donors (Lipinski definition) is 1. The Morgan fingerprint density at radius 2 is 2.00 bits per heavy atom. The molecule has 0 unspecified atom stereocenters. The minimum absolute atomic E-state index is 0.314. The van der Waals surface area contributed by atoms with Crippen LogP contribution in [0.2, 0.25) is 0 Å². The molecule has 4 rings (SSSR count). The van der Waals surface area contributed by atoms with Crippen molar-refractivity contribution in [1.29, 1.82) is 0 Å². The van der Waals surface area contributed by atoms with E-state index in [1.807, 2.05) is 0 Å². The van der Waals surface area contributed by atoms with Gasteiger partial charge in [0.2, 0.25) is 5.91 Å². The first-order valence-electron chi connectivity index (χ1n) is 10.5. The molecule has 0 spiro atoms. The minimum atomic E-state index is 0.314. The quantitative estimate of drug-likeness (QED) is 0.797. The predicted octanol–water partition coefficient (Wildman–Crippen LogP) is 2.92. The third-order valence-electron chi connectivity index (χ3n) is 6.87. The number of fused-ring (bicyclic) bond motifs is 2. The highest BCUT2D eigenvalue weighted by molar-refractivity contribution is 5.79. The van der Waals surface area contributed by atoms with E-state index in [0.717, 1.165) is 51.5 Å². The van der Waals surface area contributed by atoms with Crippen molar-refractivity contribution in [3.05, 3.63) is 35.9 Å². The second-order valence-electron chi connectivity index (χ2n) is 8.65. The summed E-state index contributed by atoms with van der Waals surface area (Å²) < 4.78 is 0. The second-order valence-corrected chi connectivity index (χ2v) is 8.65. The van der Waals surface area contributed by atoms with E-state index < -0.39 is 0 Å². The molecule has 4 atom stereocenters. The fourth-order valence-electron chi connectivity index (χ4n) is 5.41. The first-order chi connectivity index (χ1) is 12.7. The van der Waals surface area contributed by atoms with E-state index in [-0.39, 0.29) is 0 Å². The van der Waals surface area contributed by atoms with Crippen LogP contribution in [0.25, 0.3) is 0 Å². The minimum Gasteiger partial charge on any atom is -0.356 e. The van der Waals surface area contributed by atoms with Gasteiger partial charge in [-0.2, -0.15) is 0 Å². The van der Waals surface area contributed by atoms with Gasteiger partial charge in [-0.05, 0) is 50.1 Å². The van der Waals surface area contributed by atoms with Crippen LogP contribution in [0.4, 0.5) is 0 Å². The summed E-state index contributed by atoms with van der Waals surface area (Å²) in [6.07, 6.45) is 6.13. The lowest BCUT2D eigenvalue weighted by Crippen LogP contribution is -2.47. The smallest absolute Gasteiger partial charge is 0.223 e. The summed E-state index contributed by atoms with van der Waals surface area (Å²) >= 11 is 0. The first kappa shape index (κ1) is 18.0. The molecule has 1 amide bonds. The molecule has 0 radical (unpaired) electrons. The Bertz CT molecular complexity index is 605. The largest absolute Gasteiger partial charge is 0.356 e. The first-order valence-corrected chi connectivity index (χ1v) is 10.5. The Morgan fingerprint density at radius 1 is 1.15 bits per heavy atom. The highest BCUT2D eigenvalue weighted by Gasteiger charge is 2.42. The monoisotopic (exact) mass is 355 g/mol. The molecule has 1 N–H and O–H groups in total. The van der Waals surface area contributed by atoms with Gasteiger partial charge in [0.1, 0.15) is 0 Å². The average molecular weight is 356 g/mol. The number of nitrogens with zero attached hydrogens (tertiary/aromatic N) is 2. The number of amides is 1. The van der Waals surface area contributed by atoms with Crippen molar-refractivity contribution in [1.82, 2.24) is 15.1 Å². The molecule has 4 nitrogen and oxygen atoms in total. The fraction of sp³-hybridized carbons (Fsp3) is 0.682. The topological polar surface area (TPSA) is 35.6 Å². The van der Waals surface area contributed by atoms with Gasteiger partial charge in [0.15, 0.2) is 0 Å². The molecule has 0 aromatic heterocycles. The van der Waals surface area contributed by atoms with E-state index >= 15 is 0 Å². The van der Waals surface area contributed by atoms with Crippen LogP contribution in [0, 0.1) is 17.8 Å². The Hall–Kier alpha value is -1.39. The molecule has 26 heavy (non-hydrogen) atoms. The molecule has 1 aromatic carbocycles. The molecule has 142 valence electrons. The van der Waals surface area contributed by atoms with E-state index in [1.165, 1.54) is 24.8 Å². The number of carbonyl (C=O) groups is 1. The molecular formula is C22H33N3O. The molecule has 2 saturated carbocycles. The maximum atomic E-state index is 12.5. The van der Waals surface area contributed by atoms with E-state index in [0.29, 0.717) is 23.8 Å². The van der Waals surface area contributed by atoms with Gasteiger partial charge in [-0.1, -0.05) is 36.8 Å². The van der Waals surface area contributed by atoms with Gasteiger partial charge in [0.05, 0.1) is 0 Å². The van der Waals surface area contributed by atoms with Crippen LogP contribution in [0.5, 0.6) is 0 Å². The van der Waals surface area contributed by atoms with Crippen molar-refractivity contribution in [2.45, 2.75) is 38.1 Å². The lowest BCUT2D eigenvalue weighted by molar-refractivity contribution is -0.126. The molecule has 4 heteroatoms. The number of hydrogen-bond acceptors (Lipinski definition) is 3. The van der Waals surface area contributed by atoms with Crippen LogP contribution >= 0.6 is 0 Å². The lowest BCUT2D eigenvalue weighted by atomic mass is 9.88. The summed E-state index contributed by atoms with van der Waals surface area (Å²) in [6.45, 7) is 5.20. The van der Waals surface area contributed by atoms with E-state index in [1.54, 1.807) is 0 Å². The number of benzene rings is 1. The molecular weight excluding hydrogens is 322 g/mol. The molecule has 1 heterocycles. The van der Waals surface area contributed by atoms with Crippen molar-refractivity contribution in [2.75, 3.05) is 39.8 Å². The summed E-state index contributed by atoms with van der Waals surface area (Å²) in [4.78, 5) is 17.5. The van der Waals surface area contributed by atoms with Gasteiger partial charge in [-0.15, -0.1) is 0 Å². The van der Waals surface area contributed by atoms with Crippen molar-refractivity contribution in [2.24, 2.45) is 17.8 Å². The van der Waals surface area contributed by atoms with Gasteiger partial charge in [0.25, 0.3) is 0 Å². The molecule has 3 fully saturated rings. The highest BCUT2D eigenvalue weighted by Crippen LogP contribution is 2.48. The van der Waals surface area contributed by atoms with Crippen molar-refractivity contribution in [3.8, 4) is 0 Å². The van der Waals surface area contributed by atoms with Crippen molar-refractivity contribution < 1.29 is 4.79 Å². The van der Waals surface area contributed by atoms with Gasteiger partial charge in [-0.25, -0.2) is 0 Å². The van der Waals surface area contributed by atoms with Gasteiger partial charge in [0, 0.05) is 44.7 Å². The maximum Gasteiger partial charge on any atom is 0.223 e. The van der Waals surface area contributed by atoms with Crippen LogP contribution in [0.3, 0.4) is 0 Å². The Kier molecular flexibility index (Phi) is 5.60. The fourth-order valence-corrected chi connectivity index (χ4v) is 5.41. The van der Waals surface area contributed by atoms with Gasteiger partial charge >= 0.3 is 0 Å². The summed E-state index contributed by atoms with van der Waals surface area (Å²) in [6, 6.07) is 11.3. The Labute approximate surface area is 157 Å². The zero-order valence-electron chi connectivity index (χ0n) is 16.1. The summed E-state index contributed by atoms with van der Waals surface area (Å²) in [5, 5.41) is 3.24. The number of carbonyl (C=O) groups excluding carboxylic acids is 1. The third kappa shape index (κ3) is 3.96. The predicted molar refractivity (Wildman–Crippen MR) is 105 cm³/mol. The zero-order valence-corrected chi connectivity index (χ0v) is 16.1. The Balaban J connectivity index is 1.24. The number of likely N-dealkylation sites (N-methyl/N-ethyl adjacent to an activating group) is 1. The standard InChI is InChI=1S/C22H33N3O/c1-24-12-13-25(21(16-24)18-6-3-2-4-7-18)11-5-10-23-22(26)20-15-17-8-9-19(20)14-17/h2-4,6-7,17,19-21H,5,8-16H2,1H3,(H,23,26)/t17-,19-,20+,21-/m0/s1. The summed E-state index contributed by atoms with van der Waals surface area (Å²) in [5.74, 6) is 2.16. The Morgan fingerprint density at radius 3 is 2.73 bits per heavy atom. The molecule has 1 saturated heterocycles. The molecule has 2 bridgehead atoms. The van der Waals surface area contributed by atoms with E-state index in [2.05, 4.69) is 52.5 Å². The average Bonchev–Trinajstić information content (AvgIpc) is 3.30. The van der Waals surface area contributed by atoms with Crippen LogP contribution in [-0.4, -0.2) is 55.5 Å². The van der Waals surface area contributed by atoms with Crippen LogP contribution in [-0.2, 0) is 4.79 Å². The third-order valence-corrected chi connectivity index (χ3v) is 6.87. The zero-order chi connectivity index (χ0) is 17.9. The maximum absolute atomic E-state index is 12.5. The van der Waals surface area contributed by atoms with Gasteiger partial charge in [-0.3, -0.25) is 9.69 Å². The molecule has 1 aliphatic heterocycles. The molecule has 2 aliphatic carbocycles. The van der Waals surface area contributed by atoms with E-state index in [4.69, 9.17) is 0 Å². The number of piperazine rings is 1. The van der Waals surface area contributed by atoms with Gasteiger partial charge < -0.3 is 10.2 Å². The van der Waals surface area contributed by atoms with Crippen molar-refractivity contribution >= 4 is 5.91 Å². The van der Waals surface area contributed by atoms with Crippen molar-refractivity contribution in [3.63, 3.8) is 0 Å². The van der Waals surface area contributed by atoms with E-state index in [9.17, 15) is 4.79 Å². The second kappa shape index (κ2) is 8.10. The summed E-state index contributed by atoms with van der Waals surface area (Å²) in [5.41, 5.74) is 1.41. The lowest BCUT2D eigenvalue weighted by Gasteiger charge is -2.40. The number of rotatable bonds is 6. The van der Waals surface area contributed by atoms with Crippen LogP contribution in [0.1, 0.15) is 43.7 Å². The van der Waals surface area contributed by atoms with Crippen LogP contribution < -0.4 is 5.32 Å². The normalized spacial score (nSPS) is 32.0. The molecule has 3 aliphatic rings. The van der Waals surface area contributed by atoms with Crippen LogP contribution in [0.15, 0.2) is 30.3 Å².